The van der Waals surface area contributed by atoms with Crippen LogP contribution in [0.4, 0.5) is 5.82 Å². The van der Waals surface area contributed by atoms with Crippen LogP contribution in [0.1, 0.15) is 6.23 Å². The van der Waals surface area contributed by atoms with E-state index in [0.717, 1.165) is 6.33 Å². The lowest BCUT2D eigenvalue weighted by atomic mass is 10.1. The van der Waals surface area contributed by atoms with Gasteiger partial charge in [0.15, 0.2) is 11.7 Å². The Bertz CT molecular complexity index is 1020. The molecule has 0 radical (unpaired) electrons. The highest BCUT2D eigenvalue weighted by atomic mass is 31.2. The molecule has 0 aliphatic carbocycles. The van der Waals surface area contributed by atoms with E-state index >= 15 is 0 Å². The van der Waals surface area contributed by atoms with E-state index < -0.39 is 54.6 Å². The van der Waals surface area contributed by atoms with Gasteiger partial charge in [0, 0.05) is 0 Å². The van der Waals surface area contributed by atoms with Crippen LogP contribution in [0.5, 0.6) is 0 Å². The van der Waals surface area contributed by atoms with Crippen LogP contribution >= 0.6 is 23.5 Å². The Morgan fingerprint density at radius 2 is 1.37 bits per heavy atom. The van der Waals surface area contributed by atoms with Crippen molar-refractivity contribution in [2.75, 3.05) is 12.3 Å². The van der Waals surface area contributed by atoms with Gasteiger partial charge in [0.2, 0.25) is 12.0 Å². The molecule has 1 aliphatic rings. The van der Waals surface area contributed by atoms with Crippen LogP contribution in [-0.4, -0.2) is 98.8 Å². The van der Waals surface area contributed by atoms with Gasteiger partial charge in [-0.25, -0.2) is 23.4 Å². The second-order valence-electron chi connectivity index (χ2n) is 6.05. The summed E-state index contributed by atoms with van der Waals surface area (Å²) in [5.41, 5.74) is 5.99. The van der Waals surface area contributed by atoms with Gasteiger partial charge >= 0.3 is 23.5 Å². The quantitative estimate of drug-likeness (QED) is 0.0898. The number of imidazole rings is 1. The number of ether oxygens (including phenoxy) is 1. The van der Waals surface area contributed by atoms with Crippen molar-refractivity contribution in [3.63, 3.8) is 0 Å². The summed E-state index contributed by atoms with van der Waals surface area (Å²) in [4.78, 5) is 72.5. The Kier molecular flexibility index (Phi) is 12.4. The van der Waals surface area contributed by atoms with Gasteiger partial charge in [-0.3, -0.25) is 4.57 Å². The van der Waals surface area contributed by atoms with Gasteiger partial charge in [-0.1, -0.05) is 4.98 Å². The fraction of sp³-hybridized carbons (Fsp3) is 0.500. The average molecular weight is 577 g/mol. The number of rotatable bonds is 2. The minimum absolute atomic E-state index is 0.125. The molecule has 35 heavy (non-hydrogen) atoms. The van der Waals surface area contributed by atoms with E-state index in [1.165, 1.54) is 10.9 Å². The molecule has 204 valence electrons. The molecule has 2 aromatic heterocycles. The van der Waals surface area contributed by atoms with E-state index in [1.54, 1.807) is 0 Å². The minimum Gasteiger partial charge on any atom is -0.740 e. The van der Waals surface area contributed by atoms with Crippen molar-refractivity contribution in [3.05, 3.63) is 17.9 Å². The molecule has 0 saturated carbocycles. The van der Waals surface area contributed by atoms with Crippen molar-refractivity contribution in [1.29, 1.82) is 0 Å². The first-order valence-electron chi connectivity index (χ1n) is 8.22. The standard InChI is InChI=1S/C10H13N5O5.3H3O4P/c11-8-5-9(13-3-15(8)19)14(2-12-5)10-7(18)6(17)4(1-16)20-10;3*1-5(2,3)4/h2-4,6-7,10,16-18H,1,11H2;3*(H3,1,2,3,4)/t4-,6-,7-,10-;;;/m1.../s1. The molecule has 1 saturated heterocycles. The molecule has 0 spiro atoms. The normalized spacial score (nSPS) is 22.3. The number of anilines is 1. The summed E-state index contributed by atoms with van der Waals surface area (Å²) in [6, 6.07) is 0. The van der Waals surface area contributed by atoms with Gasteiger partial charge in [0.05, 0.1) is 6.61 Å². The predicted molar refractivity (Wildman–Crippen MR) is 107 cm³/mol. The topological polar surface area (TPSA) is 387 Å². The summed E-state index contributed by atoms with van der Waals surface area (Å²) in [7, 11) is -13.9. The van der Waals surface area contributed by atoms with Crippen molar-refractivity contribution in [2.45, 2.75) is 24.5 Å². The highest BCUT2D eigenvalue weighted by Gasteiger charge is 2.44. The molecule has 14 N–H and O–H groups in total. The van der Waals surface area contributed by atoms with E-state index in [9.17, 15) is 15.4 Å². The summed E-state index contributed by atoms with van der Waals surface area (Å²) in [5.74, 6) is -0.125. The van der Waals surface area contributed by atoms with Crippen LogP contribution in [0, 0.1) is 5.21 Å². The fourth-order valence-corrected chi connectivity index (χ4v) is 2.23. The van der Waals surface area contributed by atoms with Crippen molar-refractivity contribution in [2.24, 2.45) is 0 Å². The molecule has 0 bridgehead atoms. The van der Waals surface area contributed by atoms with Crippen LogP contribution in [0.3, 0.4) is 0 Å². The van der Waals surface area contributed by atoms with E-state index in [0.29, 0.717) is 4.73 Å². The Morgan fingerprint density at radius 1 is 0.943 bits per heavy atom. The molecular formula is C10H22N5O17P3. The summed E-state index contributed by atoms with van der Waals surface area (Å²) < 4.78 is 33.7. The van der Waals surface area contributed by atoms with Crippen LogP contribution in [0.2, 0.25) is 0 Å². The zero-order valence-electron chi connectivity index (χ0n) is 16.8. The molecule has 0 aromatic carbocycles. The average Bonchev–Trinajstić information content (AvgIpc) is 3.16. The van der Waals surface area contributed by atoms with Crippen molar-refractivity contribution < 1.29 is 82.5 Å². The molecule has 0 amide bonds. The molecule has 25 heteroatoms. The number of hydrogen-bond donors (Lipinski definition) is 13. The molecule has 3 rings (SSSR count). The second kappa shape index (κ2) is 13.0. The van der Waals surface area contributed by atoms with E-state index in [1.807, 2.05) is 0 Å². The first-order chi connectivity index (χ1) is 15.5. The van der Waals surface area contributed by atoms with Gasteiger partial charge in [0.25, 0.3) is 5.82 Å². The third-order valence-electron chi connectivity index (χ3n) is 3.32. The van der Waals surface area contributed by atoms with E-state index in [-0.39, 0.29) is 17.0 Å². The summed E-state index contributed by atoms with van der Waals surface area (Å²) in [5, 5.41) is 40.0. The summed E-state index contributed by atoms with van der Waals surface area (Å²) in [6.07, 6.45) is -2.09. The van der Waals surface area contributed by atoms with Crippen LogP contribution in [0.25, 0.3) is 11.2 Å². The number of phosphoric acid groups is 3. The fourth-order valence-electron chi connectivity index (χ4n) is 2.23. The lowest BCUT2D eigenvalue weighted by molar-refractivity contribution is -0.592. The SMILES string of the molecule is Nc1c2ncn([C@@H]3O[C@H](CO)[C@@H](O)[C@H]3O)c2nc[n+]1[O-].O=P(O)(O)O.O=P(O)(O)O.O=P(O)(O)O. The molecule has 2 aromatic rings. The Morgan fingerprint density at radius 3 is 1.74 bits per heavy atom. The maximum Gasteiger partial charge on any atom is 0.466 e. The molecule has 0 unspecified atom stereocenters. The maximum absolute atomic E-state index is 11.3. The van der Waals surface area contributed by atoms with Crippen LogP contribution in [-0.2, 0) is 18.4 Å². The summed E-state index contributed by atoms with van der Waals surface area (Å²) in [6.45, 7) is -0.433. The van der Waals surface area contributed by atoms with E-state index in [4.69, 9.17) is 73.3 Å². The van der Waals surface area contributed by atoms with E-state index in [2.05, 4.69) is 9.97 Å². The highest BCUT2D eigenvalue weighted by molar-refractivity contribution is 7.45. The number of fused-ring (bicyclic) bond motifs is 1. The van der Waals surface area contributed by atoms with Gasteiger partial charge < -0.3 is 75.0 Å². The van der Waals surface area contributed by atoms with Crippen LogP contribution in [0.15, 0.2) is 12.7 Å². The van der Waals surface area contributed by atoms with Crippen LogP contribution < -0.4 is 10.5 Å². The molecule has 3 heterocycles. The smallest absolute Gasteiger partial charge is 0.466 e. The Balaban J connectivity index is 0.000000635. The molecule has 1 fully saturated rings. The monoisotopic (exact) mass is 577 g/mol. The third-order valence-corrected chi connectivity index (χ3v) is 3.32. The number of aromatic nitrogens is 4. The molecule has 22 nitrogen and oxygen atoms in total. The Labute approximate surface area is 193 Å². The van der Waals surface area contributed by atoms with Gasteiger partial charge in [-0.2, -0.15) is 0 Å². The third kappa shape index (κ3) is 13.8. The zero-order valence-corrected chi connectivity index (χ0v) is 19.5. The number of nitrogens with two attached hydrogens (primary N) is 1. The zero-order chi connectivity index (χ0) is 27.9. The number of aliphatic hydroxyl groups is 3. The van der Waals surface area contributed by atoms with Gasteiger partial charge in [-0.05, 0) is 0 Å². The number of hydrogen-bond acceptors (Lipinski definition) is 11. The highest BCUT2D eigenvalue weighted by Crippen LogP contribution is 2.31. The predicted octanol–water partition coefficient (Wildman–Crippen LogP) is -5.53. The van der Waals surface area contributed by atoms with Crippen molar-refractivity contribution in [3.8, 4) is 0 Å². The molecular weight excluding hydrogens is 555 g/mol. The second-order valence-corrected chi connectivity index (χ2v) is 9.13. The van der Waals surface area contributed by atoms with Crippen molar-refractivity contribution >= 4 is 40.4 Å². The largest absolute Gasteiger partial charge is 0.740 e. The summed E-state index contributed by atoms with van der Waals surface area (Å²) >= 11 is 0. The number of nitrogens with zero attached hydrogens (tertiary/aromatic N) is 4. The Hall–Kier alpha value is -1.68. The minimum atomic E-state index is -4.64. The van der Waals surface area contributed by atoms with Gasteiger partial charge in [0.1, 0.15) is 24.6 Å². The first kappa shape index (κ1) is 33.3. The lowest BCUT2D eigenvalue weighted by Crippen LogP contribution is -2.33. The maximum atomic E-state index is 11.3. The number of nitrogen functional groups attached to an aromatic ring is 1. The van der Waals surface area contributed by atoms with Crippen molar-refractivity contribution in [1.82, 2.24) is 14.5 Å². The lowest BCUT2D eigenvalue weighted by Gasteiger charge is -2.15. The number of aliphatic hydroxyl groups excluding tert-OH is 3. The first-order valence-corrected chi connectivity index (χ1v) is 12.9. The molecule has 4 atom stereocenters. The van der Waals surface area contributed by atoms with Gasteiger partial charge in [-0.15, -0.1) is 0 Å². The molecule has 1 aliphatic heterocycles.